The van der Waals surface area contributed by atoms with E-state index in [1.807, 2.05) is 31.2 Å². The van der Waals surface area contributed by atoms with Gasteiger partial charge in [-0.15, -0.1) is 0 Å². The molecule has 1 atom stereocenters. The molecule has 36 heavy (non-hydrogen) atoms. The Kier molecular flexibility index (Phi) is 8.22. The molecule has 1 aliphatic rings. The number of nitrogens with one attached hydrogen (secondary N) is 2. The molecule has 0 saturated carbocycles. The fourth-order valence-corrected chi connectivity index (χ4v) is 4.03. The number of hydrogen-bond donors (Lipinski definition) is 2. The van der Waals surface area contributed by atoms with Crippen LogP contribution in [0.15, 0.2) is 71.3 Å². The average Bonchev–Trinajstić information content (AvgIpc) is 3.44. The van der Waals surface area contributed by atoms with E-state index in [2.05, 4.69) is 22.5 Å². The Bertz CT molecular complexity index is 1170. The quantitative estimate of drug-likeness (QED) is 0.455. The Labute approximate surface area is 216 Å². The number of amides is 2. The third-order valence-electron chi connectivity index (χ3n) is 6.04. The summed E-state index contributed by atoms with van der Waals surface area (Å²) in [6.07, 6.45) is 2.54. The number of ether oxygens (including phenoxy) is 1. The van der Waals surface area contributed by atoms with Crippen LogP contribution in [-0.2, 0) is 0 Å². The molecule has 0 spiro atoms. The lowest BCUT2D eigenvalue weighted by atomic mass is 10.2. The predicted octanol–water partition coefficient (Wildman–Crippen LogP) is 4.55. The summed E-state index contributed by atoms with van der Waals surface area (Å²) in [4.78, 5) is 29.0. The molecule has 1 aliphatic heterocycles. The van der Waals surface area contributed by atoms with Gasteiger partial charge >= 0.3 is 0 Å². The molecular weight excluding hydrogens is 476 g/mol. The van der Waals surface area contributed by atoms with E-state index in [4.69, 9.17) is 21.4 Å². The molecule has 2 amide bonds. The van der Waals surface area contributed by atoms with Gasteiger partial charge in [-0.05, 0) is 86.2 Å². The van der Waals surface area contributed by atoms with Crippen molar-refractivity contribution >= 4 is 40.5 Å². The van der Waals surface area contributed by atoms with Gasteiger partial charge in [-0.1, -0.05) is 6.92 Å². The molecule has 0 unspecified atom stereocenters. The highest BCUT2D eigenvalue weighted by Gasteiger charge is 2.23. The van der Waals surface area contributed by atoms with Crippen LogP contribution < -0.4 is 20.3 Å². The van der Waals surface area contributed by atoms with Crippen molar-refractivity contribution in [3.8, 4) is 5.75 Å². The Balaban J connectivity index is 1.25. The first-order valence-corrected chi connectivity index (χ1v) is 12.4. The zero-order valence-corrected chi connectivity index (χ0v) is 21.2. The minimum Gasteiger partial charge on any atom is -0.491 e. The highest BCUT2D eigenvalue weighted by atomic mass is 32.1. The zero-order chi connectivity index (χ0) is 25.5. The molecule has 0 radical (unpaired) electrons. The second-order valence-electron chi connectivity index (χ2n) is 8.57. The lowest BCUT2D eigenvalue weighted by molar-refractivity contribution is 0.0714. The normalized spacial score (nSPS) is 14.2. The number of rotatable bonds is 7. The van der Waals surface area contributed by atoms with Gasteiger partial charge in [-0.2, -0.15) is 0 Å². The van der Waals surface area contributed by atoms with Crippen molar-refractivity contribution in [3.05, 3.63) is 78.3 Å². The topological polar surface area (TPSA) is 87.0 Å². The molecule has 0 aliphatic carbocycles. The van der Waals surface area contributed by atoms with Gasteiger partial charge in [0.15, 0.2) is 10.9 Å². The lowest BCUT2D eigenvalue weighted by Gasteiger charge is -2.35. The van der Waals surface area contributed by atoms with E-state index in [0.29, 0.717) is 24.4 Å². The number of anilines is 2. The van der Waals surface area contributed by atoms with Crippen LogP contribution >= 0.6 is 12.2 Å². The first-order chi connectivity index (χ1) is 17.4. The molecule has 188 valence electrons. The van der Waals surface area contributed by atoms with Gasteiger partial charge in [-0.3, -0.25) is 14.9 Å². The summed E-state index contributed by atoms with van der Waals surface area (Å²) in [7, 11) is 0. The highest BCUT2D eigenvalue weighted by Crippen LogP contribution is 2.21. The van der Waals surface area contributed by atoms with Gasteiger partial charge in [0, 0.05) is 43.1 Å². The molecule has 1 saturated heterocycles. The number of benzene rings is 2. The SMILES string of the molecule is CC[C@H](C)Oc1ccc(C(=O)NC(=S)Nc2ccc(N3CCN(C(=O)c4ccco4)CC3)cc2)cc1. The van der Waals surface area contributed by atoms with Gasteiger partial charge in [0.2, 0.25) is 0 Å². The van der Waals surface area contributed by atoms with Crippen molar-refractivity contribution in [3.63, 3.8) is 0 Å². The molecule has 1 fully saturated rings. The van der Waals surface area contributed by atoms with E-state index in [-0.39, 0.29) is 23.0 Å². The van der Waals surface area contributed by atoms with E-state index in [1.165, 1.54) is 6.26 Å². The summed E-state index contributed by atoms with van der Waals surface area (Å²) in [6.45, 7) is 6.77. The van der Waals surface area contributed by atoms with Crippen LogP contribution in [-0.4, -0.2) is 54.1 Å². The average molecular weight is 507 g/mol. The van der Waals surface area contributed by atoms with Crippen LogP contribution in [0.2, 0.25) is 0 Å². The number of nitrogens with zero attached hydrogens (tertiary/aromatic N) is 2. The number of carbonyl (C=O) groups excluding carboxylic acids is 2. The zero-order valence-electron chi connectivity index (χ0n) is 20.4. The summed E-state index contributed by atoms with van der Waals surface area (Å²) < 4.78 is 11.0. The Hall–Kier alpha value is -3.85. The van der Waals surface area contributed by atoms with E-state index in [9.17, 15) is 9.59 Å². The minimum atomic E-state index is -0.291. The minimum absolute atomic E-state index is 0.0786. The van der Waals surface area contributed by atoms with E-state index >= 15 is 0 Å². The van der Waals surface area contributed by atoms with Crippen molar-refractivity contribution in [2.24, 2.45) is 0 Å². The molecule has 9 heteroatoms. The molecule has 1 aromatic heterocycles. The summed E-state index contributed by atoms with van der Waals surface area (Å²) in [5, 5.41) is 5.97. The van der Waals surface area contributed by atoms with Crippen molar-refractivity contribution in [1.82, 2.24) is 10.2 Å². The van der Waals surface area contributed by atoms with Gasteiger partial charge < -0.3 is 24.3 Å². The molecule has 2 N–H and O–H groups in total. The second kappa shape index (κ2) is 11.7. The van der Waals surface area contributed by atoms with Gasteiger partial charge in [0.25, 0.3) is 11.8 Å². The molecule has 0 bridgehead atoms. The van der Waals surface area contributed by atoms with E-state index in [0.717, 1.165) is 36.6 Å². The Morgan fingerprint density at radius 3 is 2.33 bits per heavy atom. The highest BCUT2D eigenvalue weighted by molar-refractivity contribution is 7.80. The molecule has 2 aromatic carbocycles. The molecular formula is C27H30N4O4S. The van der Waals surface area contributed by atoms with Crippen LogP contribution in [0.3, 0.4) is 0 Å². The summed E-state index contributed by atoms with van der Waals surface area (Å²) >= 11 is 5.32. The first-order valence-electron chi connectivity index (χ1n) is 12.0. The maximum absolute atomic E-state index is 12.5. The summed E-state index contributed by atoms with van der Waals surface area (Å²) in [5.74, 6) is 0.730. The van der Waals surface area contributed by atoms with Gasteiger partial charge in [-0.25, -0.2) is 0 Å². The number of piperazine rings is 1. The van der Waals surface area contributed by atoms with Crippen molar-refractivity contribution in [1.29, 1.82) is 0 Å². The lowest BCUT2D eigenvalue weighted by Crippen LogP contribution is -2.48. The van der Waals surface area contributed by atoms with Crippen LogP contribution in [0.1, 0.15) is 41.2 Å². The molecule has 8 nitrogen and oxygen atoms in total. The van der Waals surface area contributed by atoms with Crippen LogP contribution in [0.25, 0.3) is 0 Å². The molecule has 2 heterocycles. The Morgan fingerprint density at radius 2 is 1.72 bits per heavy atom. The largest absolute Gasteiger partial charge is 0.491 e. The fourth-order valence-electron chi connectivity index (χ4n) is 3.82. The first kappa shape index (κ1) is 25.2. The van der Waals surface area contributed by atoms with Crippen LogP contribution in [0.4, 0.5) is 11.4 Å². The summed E-state index contributed by atoms with van der Waals surface area (Å²) in [6, 6.07) is 18.2. The number of hydrogen-bond acceptors (Lipinski definition) is 6. The smallest absolute Gasteiger partial charge is 0.289 e. The predicted molar refractivity (Wildman–Crippen MR) is 144 cm³/mol. The number of thiocarbonyl (C=S) groups is 1. The van der Waals surface area contributed by atoms with Crippen molar-refractivity contribution < 1.29 is 18.7 Å². The van der Waals surface area contributed by atoms with Gasteiger partial charge in [0.1, 0.15) is 5.75 Å². The summed E-state index contributed by atoms with van der Waals surface area (Å²) in [5.41, 5.74) is 2.32. The van der Waals surface area contributed by atoms with Crippen LogP contribution in [0.5, 0.6) is 5.75 Å². The van der Waals surface area contributed by atoms with Crippen molar-refractivity contribution in [2.75, 3.05) is 36.4 Å². The fraction of sp³-hybridized carbons (Fsp3) is 0.296. The second-order valence-corrected chi connectivity index (χ2v) is 8.98. The number of carbonyl (C=O) groups is 2. The maximum Gasteiger partial charge on any atom is 0.289 e. The van der Waals surface area contributed by atoms with E-state index < -0.39 is 0 Å². The maximum atomic E-state index is 12.5. The molecule has 4 rings (SSSR count). The van der Waals surface area contributed by atoms with E-state index in [1.54, 1.807) is 41.3 Å². The third kappa shape index (κ3) is 6.42. The Morgan fingerprint density at radius 1 is 1.03 bits per heavy atom. The monoisotopic (exact) mass is 506 g/mol. The number of furan rings is 1. The van der Waals surface area contributed by atoms with Crippen LogP contribution in [0, 0.1) is 0 Å². The van der Waals surface area contributed by atoms with Gasteiger partial charge in [0.05, 0.1) is 12.4 Å². The third-order valence-corrected chi connectivity index (χ3v) is 6.25. The van der Waals surface area contributed by atoms with Crippen molar-refractivity contribution in [2.45, 2.75) is 26.4 Å². The standard InChI is InChI=1S/C27H30N4O4S/c1-3-19(2)35-23-12-6-20(7-13-23)25(32)29-27(36)28-21-8-10-22(11-9-21)30-14-16-31(17-15-30)26(33)24-5-4-18-34-24/h4-13,18-19H,3,14-17H2,1-2H3,(H2,28,29,32,36)/t19-/m0/s1. The molecule has 3 aromatic rings.